The van der Waals surface area contributed by atoms with E-state index < -0.39 is 0 Å². The fourth-order valence-electron chi connectivity index (χ4n) is 2.11. The maximum Gasteiger partial charge on any atom is 0.241 e. The lowest BCUT2D eigenvalue weighted by Gasteiger charge is -2.20. The summed E-state index contributed by atoms with van der Waals surface area (Å²) in [4.78, 5) is 12.2. The first kappa shape index (κ1) is 15.5. The Bertz CT molecular complexity index is 601. The van der Waals surface area contributed by atoms with Gasteiger partial charge >= 0.3 is 0 Å². The first-order chi connectivity index (χ1) is 10.1. The molecule has 0 saturated heterocycles. The summed E-state index contributed by atoms with van der Waals surface area (Å²) in [7, 11) is 0. The van der Waals surface area contributed by atoms with Crippen LogP contribution in [0.15, 0.2) is 54.6 Å². The number of carbonyl (C=O) groups is 1. The third kappa shape index (κ3) is 4.59. The Kier molecular flexibility index (Phi) is 5.37. The molecule has 0 aromatic heterocycles. The highest BCUT2D eigenvalue weighted by molar-refractivity contribution is 6.30. The highest BCUT2D eigenvalue weighted by atomic mass is 35.5. The number of carbonyl (C=O) groups excluding carboxylic acids is 1. The maximum absolute atomic E-state index is 12.2. The van der Waals surface area contributed by atoms with Gasteiger partial charge in [-0.1, -0.05) is 48.0 Å². The zero-order valence-electron chi connectivity index (χ0n) is 12.1. The molecule has 21 heavy (non-hydrogen) atoms. The van der Waals surface area contributed by atoms with Gasteiger partial charge in [-0.2, -0.15) is 0 Å². The summed E-state index contributed by atoms with van der Waals surface area (Å²) in [6.45, 7) is 3.89. The van der Waals surface area contributed by atoms with Crippen LogP contribution >= 0.6 is 11.6 Å². The lowest BCUT2D eigenvalue weighted by atomic mass is 10.1. The van der Waals surface area contributed by atoms with E-state index in [0.29, 0.717) is 10.7 Å². The molecular formula is C17H19ClN2O. The van der Waals surface area contributed by atoms with Crippen molar-refractivity contribution in [3.63, 3.8) is 0 Å². The molecular weight excluding hydrogens is 284 g/mol. The average Bonchev–Trinajstić information content (AvgIpc) is 2.48. The fourth-order valence-corrected chi connectivity index (χ4v) is 2.30. The molecule has 0 saturated carbocycles. The van der Waals surface area contributed by atoms with Crippen molar-refractivity contribution in [2.75, 3.05) is 5.32 Å². The molecule has 2 unspecified atom stereocenters. The van der Waals surface area contributed by atoms with E-state index in [1.165, 1.54) is 0 Å². The average molecular weight is 303 g/mol. The van der Waals surface area contributed by atoms with Gasteiger partial charge in [-0.25, -0.2) is 0 Å². The number of hydrogen-bond acceptors (Lipinski definition) is 2. The molecule has 0 fully saturated rings. The summed E-state index contributed by atoms with van der Waals surface area (Å²) in [5.41, 5.74) is 1.86. The highest BCUT2D eigenvalue weighted by Gasteiger charge is 2.16. The van der Waals surface area contributed by atoms with E-state index in [2.05, 4.69) is 10.6 Å². The zero-order chi connectivity index (χ0) is 15.2. The summed E-state index contributed by atoms with van der Waals surface area (Å²) < 4.78 is 0. The standard InChI is InChI=1S/C17H19ClN2O/c1-12(14-7-4-3-5-8-14)19-13(2)17(21)20-16-10-6-9-15(18)11-16/h3-13,19H,1-2H3,(H,20,21). The van der Waals surface area contributed by atoms with E-state index in [-0.39, 0.29) is 18.0 Å². The molecule has 2 aromatic rings. The quantitative estimate of drug-likeness (QED) is 0.876. The zero-order valence-corrected chi connectivity index (χ0v) is 12.9. The molecule has 3 nitrogen and oxygen atoms in total. The Morgan fingerprint density at radius 1 is 1.05 bits per heavy atom. The monoisotopic (exact) mass is 302 g/mol. The Morgan fingerprint density at radius 2 is 1.76 bits per heavy atom. The molecule has 110 valence electrons. The number of benzene rings is 2. The van der Waals surface area contributed by atoms with Crippen LogP contribution < -0.4 is 10.6 Å². The topological polar surface area (TPSA) is 41.1 Å². The molecule has 2 N–H and O–H groups in total. The van der Waals surface area contributed by atoms with Crippen molar-refractivity contribution in [1.82, 2.24) is 5.32 Å². The van der Waals surface area contributed by atoms with Crippen molar-refractivity contribution >= 4 is 23.2 Å². The maximum atomic E-state index is 12.2. The molecule has 0 bridgehead atoms. The number of hydrogen-bond donors (Lipinski definition) is 2. The van der Waals surface area contributed by atoms with Crippen molar-refractivity contribution in [2.24, 2.45) is 0 Å². The molecule has 0 radical (unpaired) electrons. The van der Waals surface area contributed by atoms with Crippen LogP contribution in [0.2, 0.25) is 5.02 Å². The lowest BCUT2D eigenvalue weighted by Crippen LogP contribution is -2.39. The van der Waals surface area contributed by atoms with Crippen LogP contribution in [0.5, 0.6) is 0 Å². The van der Waals surface area contributed by atoms with E-state index in [0.717, 1.165) is 5.56 Å². The second-order valence-electron chi connectivity index (χ2n) is 5.02. The number of amides is 1. The van der Waals surface area contributed by atoms with Crippen LogP contribution in [0.1, 0.15) is 25.5 Å². The predicted molar refractivity (Wildman–Crippen MR) is 87.5 cm³/mol. The van der Waals surface area contributed by atoms with Gasteiger partial charge in [0.15, 0.2) is 0 Å². The molecule has 0 aliphatic heterocycles. The van der Waals surface area contributed by atoms with Gasteiger partial charge in [-0.05, 0) is 37.6 Å². The second kappa shape index (κ2) is 7.25. The van der Waals surface area contributed by atoms with E-state index in [9.17, 15) is 4.79 Å². The van der Waals surface area contributed by atoms with Gasteiger partial charge in [0.2, 0.25) is 5.91 Å². The molecule has 0 aliphatic rings. The second-order valence-corrected chi connectivity index (χ2v) is 5.46. The van der Waals surface area contributed by atoms with Gasteiger partial charge in [0.1, 0.15) is 0 Å². The highest BCUT2D eigenvalue weighted by Crippen LogP contribution is 2.16. The van der Waals surface area contributed by atoms with Crippen molar-refractivity contribution < 1.29 is 4.79 Å². The van der Waals surface area contributed by atoms with Crippen LogP contribution in [0, 0.1) is 0 Å². The molecule has 2 atom stereocenters. The summed E-state index contributed by atoms with van der Waals surface area (Å²) in [5, 5.41) is 6.74. The van der Waals surface area contributed by atoms with E-state index in [1.54, 1.807) is 12.1 Å². The van der Waals surface area contributed by atoms with Gasteiger partial charge < -0.3 is 5.32 Å². The van der Waals surface area contributed by atoms with Crippen LogP contribution in [0.25, 0.3) is 0 Å². The number of anilines is 1. The molecule has 0 aliphatic carbocycles. The van der Waals surface area contributed by atoms with Crippen molar-refractivity contribution in [2.45, 2.75) is 25.9 Å². The van der Waals surface area contributed by atoms with Crippen LogP contribution in [-0.2, 0) is 4.79 Å². The van der Waals surface area contributed by atoms with Crippen molar-refractivity contribution in [3.8, 4) is 0 Å². The molecule has 0 spiro atoms. The summed E-state index contributed by atoms with van der Waals surface area (Å²) in [6, 6.07) is 17.0. The van der Waals surface area contributed by atoms with Crippen LogP contribution in [-0.4, -0.2) is 11.9 Å². The van der Waals surface area contributed by atoms with Crippen LogP contribution in [0.3, 0.4) is 0 Å². The fraction of sp³-hybridized carbons (Fsp3) is 0.235. The van der Waals surface area contributed by atoms with Gasteiger partial charge in [-0.3, -0.25) is 10.1 Å². The third-order valence-electron chi connectivity index (χ3n) is 3.29. The lowest BCUT2D eigenvalue weighted by molar-refractivity contribution is -0.117. The van der Waals surface area contributed by atoms with Gasteiger partial charge in [0, 0.05) is 16.8 Å². The van der Waals surface area contributed by atoms with Crippen molar-refractivity contribution in [1.29, 1.82) is 0 Å². The Morgan fingerprint density at radius 3 is 2.43 bits per heavy atom. The molecule has 1 amide bonds. The predicted octanol–water partition coefficient (Wildman–Crippen LogP) is 4.02. The largest absolute Gasteiger partial charge is 0.325 e. The number of rotatable bonds is 5. The molecule has 0 heterocycles. The number of nitrogens with one attached hydrogen (secondary N) is 2. The smallest absolute Gasteiger partial charge is 0.241 e. The third-order valence-corrected chi connectivity index (χ3v) is 3.52. The number of halogens is 1. The Hall–Kier alpha value is -1.84. The van der Waals surface area contributed by atoms with Crippen LogP contribution in [0.4, 0.5) is 5.69 Å². The molecule has 2 aromatic carbocycles. The van der Waals surface area contributed by atoms with Crippen molar-refractivity contribution in [3.05, 3.63) is 65.2 Å². The summed E-state index contributed by atoms with van der Waals surface area (Å²) >= 11 is 5.91. The van der Waals surface area contributed by atoms with E-state index >= 15 is 0 Å². The van der Waals surface area contributed by atoms with Gasteiger partial charge in [0.25, 0.3) is 0 Å². The van der Waals surface area contributed by atoms with E-state index in [1.807, 2.05) is 56.3 Å². The SMILES string of the molecule is CC(NC(C)c1ccccc1)C(=O)Nc1cccc(Cl)c1. The minimum Gasteiger partial charge on any atom is -0.325 e. The first-order valence-corrected chi connectivity index (χ1v) is 7.31. The van der Waals surface area contributed by atoms with Gasteiger partial charge in [-0.15, -0.1) is 0 Å². The first-order valence-electron chi connectivity index (χ1n) is 6.93. The molecule has 4 heteroatoms. The summed E-state index contributed by atoms with van der Waals surface area (Å²) in [5.74, 6) is -0.0833. The van der Waals surface area contributed by atoms with E-state index in [4.69, 9.17) is 11.6 Å². The minimum atomic E-state index is -0.306. The summed E-state index contributed by atoms with van der Waals surface area (Å²) in [6.07, 6.45) is 0. The minimum absolute atomic E-state index is 0.0833. The van der Waals surface area contributed by atoms with Gasteiger partial charge in [0.05, 0.1) is 6.04 Å². The Balaban J connectivity index is 1.93. The molecule has 2 rings (SSSR count). The Labute approximate surface area is 130 Å². The normalized spacial score (nSPS) is 13.5.